The molecule has 0 saturated carbocycles. The minimum absolute atomic E-state index is 0.0142. The first-order valence-corrected chi connectivity index (χ1v) is 7.96. The number of benzene rings is 2. The standard InChI is InChI=1S/C19H15NO8/c1-20(26)18(23)13-9(19(24)25)7-11(28-3)14-15(13)16(21)8-5-4-6-10(27-2)12(8)17(14)22/h4-7,26H,1-3H3,(H,24,25). The van der Waals surface area contributed by atoms with E-state index in [0.29, 0.717) is 0 Å². The summed E-state index contributed by atoms with van der Waals surface area (Å²) in [5, 5.41) is 19.3. The summed E-state index contributed by atoms with van der Waals surface area (Å²) in [6.45, 7) is 0. The zero-order valence-electron chi connectivity index (χ0n) is 15.1. The monoisotopic (exact) mass is 385 g/mol. The molecule has 1 aliphatic carbocycles. The van der Waals surface area contributed by atoms with Gasteiger partial charge in [-0.05, 0) is 12.1 Å². The maximum absolute atomic E-state index is 13.2. The second-order valence-electron chi connectivity index (χ2n) is 5.93. The van der Waals surface area contributed by atoms with E-state index >= 15 is 0 Å². The van der Waals surface area contributed by atoms with Crippen LogP contribution in [0, 0.1) is 0 Å². The molecule has 28 heavy (non-hydrogen) atoms. The van der Waals surface area contributed by atoms with Crippen molar-refractivity contribution < 1.29 is 39.0 Å². The van der Waals surface area contributed by atoms with Crippen LogP contribution in [0.2, 0.25) is 0 Å². The molecule has 0 heterocycles. The maximum Gasteiger partial charge on any atom is 0.336 e. The number of carbonyl (C=O) groups excluding carboxylic acids is 3. The molecule has 144 valence electrons. The lowest BCUT2D eigenvalue weighted by Gasteiger charge is -2.25. The molecule has 1 amide bonds. The summed E-state index contributed by atoms with van der Waals surface area (Å²) < 4.78 is 10.3. The first kappa shape index (κ1) is 19.1. The molecule has 0 bridgehead atoms. The highest BCUT2D eigenvalue weighted by molar-refractivity contribution is 6.33. The second kappa shape index (κ2) is 6.78. The zero-order valence-corrected chi connectivity index (χ0v) is 15.1. The summed E-state index contributed by atoms with van der Waals surface area (Å²) in [5.41, 5.74) is -1.93. The predicted molar refractivity (Wildman–Crippen MR) is 93.7 cm³/mol. The maximum atomic E-state index is 13.2. The number of ketones is 2. The molecule has 0 radical (unpaired) electrons. The fourth-order valence-corrected chi connectivity index (χ4v) is 3.21. The van der Waals surface area contributed by atoms with Gasteiger partial charge in [0.1, 0.15) is 11.5 Å². The summed E-state index contributed by atoms with van der Waals surface area (Å²) in [4.78, 5) is 50.6. The van der Waals surface area contributed by atoms with Crippen LogP contribution in [0.25, 0.3) is 0 Å². The molecule has 0 atom stereocenters. The Morgan fingerprint density at radius 1 is 0.964 bits per heavy atom. The van der Waals surface area contributed by atoms with Gasteiger partial charge in [0, 0.05) is 12.6 Å². The first-order chi connectivity index (χ1) is 13.2. The Morgan fingerprint density at radius 2 is 1.61 bits per heavy atom. The minimum Gasteiger partial charge on any atom is -0.496 e. The largest absolute Gasteiger partial charge is 0.496 e. The smallest absolute Gasteiger partial charge is 0.336 e. The van der Waals surface area contributed by atoms with Crippen molar-refractivity contribution in [3.8, 4) is 11.5 Å². The molecule has 3 rings (SSSR count). The number of hydrogen-bond donors (Lipinski definition) is 2. The number of nitrogens with zero attached hydrogens (tertiary/aromatic N) is 1. The van der Waals surface area contributed by atoms with E-state index in [-0.39, 0.29) is 33.3 Å². The quantitative estimate of drug-likeness (QED) is 0.512. The van der Waals surface area contributed by atoms with Crippen molar-refractivity contribution in [1.29, 1.82) is 0 Å². The van der Waals surface area contributed by atoms with Crippen LogP contribution in [0.3, 0.4) is 0 Å². The van der Waals surface area contributed by atoms with Gasteiger partial charge in [0.2, 0.25) is 5.78 Å². The number of carbonyl (C=O) groups is 4. The molecule has 0 spiro atoms. The molecular formula is C19H15NO8. The molecule has 9 nitrogen and oxygen atoms in total. The lowest BCUT2D eigenvalue weighted by Crippen LogP contribution is -2.31. The molecule has 1 aliphatic rings. The van der Waals surface area contributed by atoms with Gasteiger partial charge in [0.05, 0.1) is 42.0 Å². The van der Waals surface area contributed by atoms with Gasteiger partial charge in [-0.2, -0.15) is 0 Å². The van der Waals surface area contributed by atoms with Crippen LogP contribution in [0.5, 0.6) is 11.5 Å². The van der Waals surface area contributed by atoms with Crippen LogP contribution < -0.4 is 9.47 Å². The number of ether oxygens (including phenoxy) is 2. The van der Waals surface area contributed by atoms with Crippen molar-refractivity contribution in [2.45, 2.75) is 0 Å². The highest BCUT2D eigenvalue weighted by Crippen LogP contribution is 2.40. The van der Waals surface area contributed by atoms with Gasteiger partial charge in [-0.1, -0.05) is 12.1 Å². The van der Waals surface area contributed by atoms with E-state index < -0.39 is 40.1 Å². The molecule has 2 aromatic carbocycles. The summed E-state index contributed by atoms with van der Waals surface area (Å²) in [6.07, 6.45) is 0. The van der Waals surface area contributed by atoms with E-state index in [9.17, 15) is 29.5 Å². The number of hydrogen-bond acceptors (Lipinski definition) is 7. The lowest BCUT2D eigenvalue weighted by molar-refractivity contribution is -0.0376. The lowest BCUT2D eigenvalue weighted by atomic mass is 9.79. The predicted octanol–water partition coefficient (Wildman–Crippen LogP) is 1.64. The van der Waals surface area contributed by atoms with Gasteiger partial charge in [-0.25, -0.2) is 9.86 Å². The van der Waals surface area contributed by atoms with Crippen molar-refractivity contribution in [3.63, 3.8) is 0 Å². The zero-order chi connectivity index (χ0) is 20.7. The average molecular weight is 385 g/mol. The fraction of sp³-hybridized carbons (Fsp3) is 0.158. The number of hydroxylamine groups is 2. The third kappa shape index (κ3) is 2.60. The van der Waals surface area contributed by atoms with Crippen LogP contribution >= 0.6 is 0 Å². The Hall–Kier alpha value is -3.72. The molecule has 9 heteroatoms. The van der Waals surface area contributed by atoms with Crippen molar-refractivity contribution in [3.05, 3.63) is 57.6 Å². The van der Waals surface area contributed by atoms with Gasteiger partial charge in [0.15, 0.2) is 5.78 Å². The van der Waals surface area contributed by atoms with E-state index in [1.54, 1.807) is 0 Å². The summed E-state index contributed by atoms with van der Waals surface area (Å²) in [5.74, 6) is -4.12. The number of rotatable bonds is 4. The normalized spacial score (nSPS) is 12.1. The molecule has 2 N–H and O–H groups in total. The first-order valence-electron chi connectivity index (χ1n) is 7.96. The van der Waals surface area contributed by atoms with E-state index in [0.717, 1.165) is 13.1 Å². The average Bonchev–Trinajstić information content (AvgIpc) is 2.68. The topological polar surface area (TPSA) is 130 Å². The van der Waals surface area contributed by atoms with Crippen molar-refractivity contribution in [2.75, 3.05) is 21.3 Å². The summed E-state index contributed by atoms with van der Waals surface area (Å²) >= 11 is 0. The Morgan fingerprint density at radius 3 is 2.14 bits per heavy atom. The summed E-state index contributed by atoms with van der Waals surface area (Å²) in [7, 11) is 3.52. The Bertz CT molecular complexity index is 1050. The second-order valence-corrected chi connectivity index (χ2v) is 5.93. The number of aromatic carboxylic acids is 1. The Kier molecular flexibility index (Phi) is 4.61. The third-order valence-corrected chi connectivity index (χ3v) is 4.42. The third-order valence-electron chi connectivity index (χ3n) is 4.42. The molecule has 0 aromatic heterocycles. The van der Waals surface area contributed by atoms with E-state index in [1.807, 2.05) is 0 Å². The van der Waals surface area contributed by atoms with E-state index in [1.165, 1.54) is 32.4 Å². The summed E-state index contributed by atoms with van der Waals surface area (Å²) in [6, 6.07) is 5.34. The van der Waals surface area contributed by atoms with Crippen LogP contribution in [0.1, 0.15) is 52.6 Å². The Labute approximate surface area is 158 Å². The number of methoxy groups -OCH3 is 2. The van der Waals surface area contributed by atoms with Crippen molar-refractivity contribution >= 4 is 23.4 Å². The van der Waals surface area contributed by atoms with E-state index in [4.69, 9.17) is 9.47 Å². The number of carboxylic acid groups (broad SMARTS) is 1. The molecule has 0 aliphatic heterocycles. The van der Waals surface area contributed by atoms with Crippen LogP contribution in [-0.2, 0) is 0 Å². The Balaban J connectivity index is 2.49. The highest BCUT2D eigenvalue weighted by Gasteiger charge is 2.40. The molecule has 0 fully saturated rings. The minimum atomic E-state index is -1.53. The number of fused-ring (bicyclic) bond motifs is 2. The van der Waals surface area contributed by atoms with Crippen molar-refractivity contribution in [1.82, 2.24) is 5.06 Å². The van der Waals surface area contributed by atoms with Crippen LogP contribution in [0.15, 0.2) is 24.3 Å². The molecule has 0 saturated heterocycles. The van der Waals surface area contributed by atoms with Gasteiger partial charge < -0.3 is 14.6 Å². The van der Waals surface area contributed by atoms with Gasteiger partial charge >= 0.3 is 5.97 Å². The molecular weight excluding hydrogens is 370 g/mol. The van der Waals surface area contributed by atoms with Gasteiger partial charge in [-0.15, -0.1) is 0 Å². The number of carboxylic acids is 1. The molecule has 2 aromatic rings. The highest BCUT2D eigenvalue weighted by atomic mass is 16.5. The van der Waals surface area contributed by atoms with E-state index in [2.05, 4.69) is 0 Å². The van der Waals surface area contributed by atoms with Gasteiger partial charge in [0.25, 0.3) is 5.91 Å². The van der Waals surface area contributed by atoms with Crippen LogP contribution in [0.4, 0.5) is 0 Å². The SMILES string of the molecule is COc1cccc2c1C(=O)c1c(OC)cc(C(=O)O)c(C(=O)N(C)O)c1C2=O. The van der Waals surface area contributed by atoms with Gasteiger partial charge in [-0.3, -0.25) is 19.6 Å². The number of amides is 1. The van der Waals surface area contributed by atoms with Crippen LogP contribution in [-0.4, -0.2) is 60.1 Å². The fourth-order valence-electron chi connectivity index (χ4n) is 3.21. The molecule has 0 unspecified atom stereocenters. The van der Waals surface area contributed by atoms with Crippen molar-refractivity contribution in [2.24, 2.45) is 0 Å².